The summed E-state index contributed by atoms with van der Waals surface area (Å²) >= 11 is 0. The van der Waals surface area contributed by atoms with Crippen molar-refractivity contribution in [3.8, 4) is 0 Å². The van der Waals surface area contributed by atoms with Gasteiger partial charge >= 0.3 is 18.2 Å². The summed E-state index contributed by atoms with van der Waals surface area (Å²) in [5.74, 6) is -1.84. The third kappa shape index (κ3) is 13.5. The Hall–Kier alpha value is -3.83. The van der Waals surface area contributed by atoms with Crippen molar-refractivity contribution in [2.45, 2.75) is 84.2 Å². The van der Waals surface area contributed by atoms with Crippen LogP contribution in [0, 0.1) is 0 Å². The molecule has 0 saturated carbocycles. The van der Waals surface area contributed by atoms with E-state index in [0.717, 1.165) is 5.56 Å². The van der Waals surface area contributed by atoms with Crippen LogP contribution in [-0.2, 0) is 35.2 Å². The molecule has 3 atom stereocenters. The topological polar surface area (TPSA) is 161 Å². The third-order valence-corrected chi connectivity index (χ3v) is 5.07. The molecule has 0 aromatic heterocycles. The maximum atomic E-state index is 12.8. The summed E-state index contributed by atoms with van der Waals surface area (Å²) in [5, 5.41) is 10.2. The molecular weight excluding hydrogens is 496 g/mol. The second-order valence-corrected chi connectivity index (χ2v) is 9.67. The summed E-state index contributed by atoms with van der Waals surface area (Å²) < 4.78 is 14.9. The SMILES string of the molecule is COC(=O)[C@@H](C)NC(=O)[C@H](CCCCNC(=O)OC(C)(C)C)NC(=O)C(C)NC(=O)OCc1ccccc1. The van der Waals surface area contributed by atoms with Gasteiger partial charge in [0.15, 0.2) is 0 Å². The number of amides is 4. The van der Waals surface area contributed by atoms with Crippen molar-refractivity contribution in [2.24, 2.45) is 0 Å². The molecule has 0 fully saturated rings. The van der Waals surface area contributed by atoms with Gasteiger partial charge in [-0.25, -0.2) is 14.4 Å². The lowest BCUT2D eigenvalue weighted by Crippen LogP contribution is -2.54. The number of ether oxygens (including phenoxy) is 3. The molecule has 0 saturated heterocycles. The number of methoxy groups -OCH3 is 1. The van der Waals surface area contributed by atoms with E-state index in [-0.39, 0.29) is 13.0 Å². The molecule has 1 rings (SSSR count). The van der Waals surface area contributed by atoms with Gasteiger partial charge in [0.2, 0.25) is 11.8 Å². The first kappa shape index (κ1) is 32.2. The fourth-order valence-corrected chi connectivity index (χ4v) is 3.10. The van der Waals surface area contributed by atoms with Crippen LogP contribution in [0.4, 0.5) is 9.59 Å². The third-order valence-electron chi connectivity index (χ3n) is 5.07. The van der Waals surface area contributed by atoms with Crippen molar-refractivity contribution in [3.05, 3.63) is 35.9 Å². The fourth-order valence-electron chi connectivity index (χ4n) is 3.10. The van der Waals surface area contributed by atoms with Gasteiger partial charge in [-0.3, -0.25) is 9.59 Å². The van der Waals surface area contributed by atoms with Gasteiger partial charge in [0, 0.05) is 6.54 Å². The minimum atomic E-state index is -1.000. The van der Waals surface area contributed by atoms with Crippen LogP contribution >= 0.6 is 0 Å². The number of alkyl carbamates (subject to hydrolysis) is 2. The monoisotopic (exact) mass is 536 g/mol. The molecule has 38 heavy (non-hydrogen) atoms. The second-order valence-electron chi connectivity index (χ2n) is 9.67. The summed E-state index contributed by atoms with van der Waals surface area (Å²) in [6.45, 7) is 8.53. The largest absolute Gasteiger partial charge is 0.467 e. The van der Waals surface area contributed by atoms with E-state index in [1.807, 2.05) is 18.2 Å². The Bertz CT molecular complexity index is 933. The molecule has 1 aromatic carbocycles. The average Bonchev–Trinajstić information content (AvgIpc) is 2.85. The first-order chi connectivity index (χ1) is 17.8. The van der Waals surface area contributed by atoms with Gasteiger partial charge in [0.05, 0.1) is 7.11 Å². The Labute approximate surface area is 223 Å². The number of hydrogen-bond donors (Lipinski definition) is 4. The van der Waals surface area contributed by atoms with E-state index >= 15 is 0 Å². The number of nitrogens with one attached hydrogen (secondary N) is 4. The average molecular weight is 537 g/mol. The van der Waals surface area contributed by atoms with Crippen molar-refractivity contribution < 1.29 is 38.2 Å². The van der Waals surface area contributed by atoms with Gasteiger partial charge in [-0.05, 0) is 59.4 Å². The molecule has 0 aliphatic heterocycles. The molecule has 12 heteroatoms. The van der Waals surface area contributed by atoms with Crippen LogP contribution in [0.25, 0.3) is 0 Å². The Kier molecular flexibility index (Phi) is 13.6. The van der Waals surface area contributed by atoms with Crippen molar-refractivity contribution in [1.29, 1.82) is 0 Å². The molecule has 0 spiro atoms. The first-order valence-corrected chi connectivity index (χ1v) is 12.4. The molecule has 0 radical (unpaired) electrons. The smallest absolute Gasteiger partial charge is 0.408 e. The summed E-state index contributed by atoms with van der Waals surface area (Å²) in [7, 11) is 1.20. The molecule has 4 amide bonds. The standard InChI is InChI=1S/C26H40N4O8/c1-17(29-25(35)37-16-19-12-8-7-9-13-19)21(31)30-20(22(32)28-18(2)23(33)36-6)14-10-11-15-27-24(34)38-26(3,4)5/h7-9,12-13,17-18,20H,10-11,14-16H2,1-6H3,(H,27,34)(H,28,32)(H,29,35)(H,30,31)/t17?,18-,20+/m1/s1. The van der Waals surface area contributed by atoms with Gasteiger partial charge in [-0.15, -0.1) is 0 Å². The van der Waals surface area contributed by atoms with Crippen molar-refractivity contribution in [2.75, 3.05) is 13.7 Å². The Balaban J connectivity index is 2.64. The van der Waals surface area contributed by atoms with E-state index in [0.29, 0.717) is 19.4 Å². The molecule has 0 aliphatic rings. The number of esters is 1. The fraction of sp³-hybridized carbons (Fsp3) is 0.577. The number of carbonyl (C=O) groups excluding carboxylic acids is 5. The summed E-state index contributed by atoms with van der Waals surface area (Å²) in [5.41, 5.74) is 0.171. The van der Waals surface area contributed by atoms with E-state index in [2.05, 4.69) is 26.0 Å². The molecule has 4 N–H and O–H groups in total. The normalized spacial score (nSPS) is 13.2. The van der Waals surface area contributed by atoms with Crippen LogP contribution in [-0.4, -0.2) is 67.4 Å². The highest BCUT2D eigenvalue weighted by Crippen LogP contribution is 2.07. The quantitative estimate of drug-likeness (QED) is 0.169. The number of carbonyl (C=O) groups is 5. The number of unbranched alkanes of at least 4 members (excludes halogenated alkanes) is 1. The van der Waals surface area contributed by atoms with Crippen LogP contribution in [0.2, 0.25) is 0 Å². The highest BCUT2D eigenvalue weighted by molar-refractivity contribution is 5.92. The summed E-state index contributed by atoms with van der Waals surface area (Å²) in [6.07, 6.45) is -0.157. The number of hydrogen-bond acceptors (Lipinski definition) is 8. The van der Waals surface area contributed by atoms with Crippen LogP contribution < -0.4 is 21.3 Å². The molecular formula is C26H40N4O8. The lowest BCUT2D eigenvalue weighted by molar-refractivity contribution is -0.144. The second kappa shape index (κ2) is 16.1. The van der Waals surface area contributed by atoms with Gasteiger partial charge in [-0.2, -0.15) is 0 Å². The van der Waals surface area contributed by atoms with Gasteiger partial charge < -0.3 is 35.5 Å². The van der Waals surface area contributed by atoms with E-state index in [4.69, 9.17) is 9.47 Å². The number of rotatable bonds is 13. The minimum absolute atomic E-state index is 0.0365. The highest BCUT2D eigenvalue weighted by atomic mass is 16.6. The lowest BCUT2D eigenvalue weighted by atomic mass is 10.1. The van der Waals surface area contributed by atoms with Gasteiger partial charge in [0.25, 0.3) is 0 Å². The molecule has 0 aliphatic carbocycles. The predicted octanol–water partition coefficient (Wildman–Crippen LogP) is 2.16. The summed E-state index contributed by atoms with van der Waals surface area (Å²) in [4.78, 5) is 61.1. The van der Waals surface area contributed by atoms with E-state index in [9.17, 15) is 24.0 Å². The molecule has 212 valence electrons. The highest BCUT2D eigenvalue weighted by Gasteiger charge is 2.27. The lowest BCUT2D eigenvalue weighted by Gasteiger charge is -2.23. The van der Waals surface area contributed by atoms with Crippen LogP contribution in [0.15, 0.2) is 30.3 Å². The van der Waals surface area contributed by atoms with Gasteiger partial charge in [0.1, 0.15) is 30.3 Å². The zero-order valence-electron chi connectivity index (χ0n) is 22.9. The zero-order valence-corrected chi connectivity index (χ0v) is 22.9. The maximum absolute atomic E-state index is 12.8. The Morgan fingerprint density at radius 3 is 2.11 bits per heavy atom. The van der Waals surface area contributed by atoms with Crippen molar-refractivity contribution in [1.82, 2.24) is 21.3 Å². The molecule has 0 heterocycles. The molecule has 12 nitrogen and oxygen atoms in total. The molecule has 1 aromatic rings. The van der Waals surface area contributed by atoms with E-state index in [1.165, 1.54) is 21.0 Å². The van der Waals surface area contributed by atoms with Gasteiger partial charge in [-0.1, -0.05) is 30.3 Å². The van der Waals surface area contributed by atoms with Crippen molar-refractivity contribution >= 4 is 30.0 Å². The van der Waals surface area contributed by atoms with Crippen LogP contribution in [0.5, 0.6) is 0 Å². The van der Waals surface area contributed by atoms with Crippen LogP contribution in [0.1, 0.15) is 59.4 Å². The van der Waals surface area contributed by atoms with E-state index < -0.39 is 53.7 Å². The number of benzene rings is 1. The Morgan fingerprint density at radius 1 is 0.842 bits per heavy atom. The maximum Gasteiger partial charge on any atom is 0.408 e. The molecule has 1 unspecified atom stereocenters. The summed E-state index contributed by atoms with van der Waals surface area (Å²) in [6, 6.07) is 6.13. The predicted molar refractivity (Wildman–Crippen MR) is 139 cm³/mol. The van der Waals surface area contributed by atoms with Crippen LogP contribution in [0.3, 0.4) is 0 Å². The van der Waals surface area contributed by atoms with E-state index in [1.54, 1.807) is 32.9 Å². The zero-order chi connectivity index (χ0) is 28.7. The minimum Gasteiger partial charge on any atom is -0.467 e. The molecule has 0 bridgehead atoms. The van der Waals surface area contributed by atoms with Crippen molar-refractivity contribution in [3.63, 3.8) is 0 Å². The Morgan fingerprint density at radius 2 is 1.50 bits per heavy atom. The first-order valence-electron chi connectivity index (χ1n) is 12.4.